The number of nitrogens with zero attached hydrogens (tertiary/aromatic N) is 2. The van der Waals surface area contributed by atoms with Crippen LogP contribution in [-0.2, 0) is 25.7 Å². The predicted octanol–water partition coefficient (Wildman–Crippen LogP) is 3.58. The van der Waals surface area contributed by atoms with Gasteiger partial charge < -0.3 is 24.6 Å². The number of sulfonamides is 1. The number of ether oxygens (including phenoxy) is 1. The zero-order chi connectivity index (χ0) is 28.0. The number of carboxylic acids is 1. The van der Waals surface area contributed by atoms with Gasteiger partial charge in [-0.15, -0.1) is 11.3 Å². The largest absolute Gasteiger partial charge is 0.480 e. The van der Waals surface area contributed by atoms with Gasteiger partial charge in [0.2, 0.25) is 5.76 Å². The maximum atomic E-state index is 13.1. The minimum atomic E-state index is -4.75. The number of alkyl halides is 3. The molecule has 0 bridgehead atoms. The second-order valence-electron chi connectivity index (χ2n) is 8.99. The van der Waals surface area contributed by atoms with Crippen molar-refractivity contribution in [3.8, 4) is 10.6 Å². The molecule has 2 amide bonds. The van der Waals surface area contributed by atoms with Crippen LogP contribution in [0.2, 0.25) is 0 Å². The number of amides is 2. The molecule has 3 N–H and O–H groups in total. The van der Waals surface area contributed by atoms with Gasteiger partial charge in [0.15, 0.2) is 0 Å². The van der Waals surface area contributed by atoms with E-state index in [4.69, 9.17) is 4.74 Å². The number of carboxylic acid groups (broad SMARTS) is 1. The molecule has 2 aromatic heterocycles. The quantitative estimate of drug-likeness (QED) is 0.380. The summed E-state index contributed by atoms with van der Waals surface area (Å²) in [5, 5.41) is 16.1. The monoisotopic (exact) mass is 586 g/mol. The van der Waals surface area contributed by atoms with Crippen LogP contribution in [0.3, 0.4) is 0 Å². The second kappa shape index (κ2) is 9.93. The Morgan fingerprint density at radius 1 is 1.15 bits per heavy atom. The van der Waals surface area contributed by atoms with Crippen LogP contribution in [0.15, 0.2) is 51.2 Å². The van der Waals surface area contributed by atoms with Crippen molar-refractivity contribution in [2.45, 2.75) is 28.3 Å². The van der Waals surface area contributed by atoms with Crippen molar-refractivity contribution in [1.82, 2.24) is 14.8 Å². The average Bonchev–Trinajstić information content (AvgIpc) is 3.24. The Bertz CT molecular complexity index is 1520. The summed E-state index contributed by atoms with van der Waals surface area (Å²) in [7, 11) is -4.37. The summed E-state index contributed by atoms with van der Waals surface area (Å²) in [6, 6.07) is 9.22. The number of benzene rings is 1. The lowest BCUT2D eigenvalue weighted by Crippen LogP contribution is -2.44. The van der Waals surface area contributed by atoms with E-state index in [1.54, 1.807) is 29.2 Å². The highest BCUT2D eigenvalue weighted by Crippen LogP contribution is 2.53. The molecule has 1 saturated carbocycles. The van der Waals surface area contributed by atoms with Crippen molar-refractivity contribution < 1.29 is 45.5 Å². The van der Waals surface area contributed by atoms with Crippen LogP contribution in [0.4, 0.5) is 23.7 Å². The fourth-order valence-corrected chi connectivity index (χ4v) is 6.94. The molecule has 208 valence electrons. The Morgan fingerprint density at radius 2 is 1.90 bits per heavy atom. The van der Waals surface area contributed by atoms with Gasteiger partial charge in [0.1, 0.15) is 15.4 Å². The van der Waals surface area contributed by atoms with Gasteiger partial charge in [-0.2, -0.15) is 17.9 Å². The molecule has 39 heavy (non-hydrogen) atoms. The molecular formula is C23H21F3N4O7S2. The first-order chi connectivity index (χ1) is 18.4. The molecule has 1 aliphatic carbocycles. The van der Waals surface area contributed by atoms with Gasteiger partial charge >= 0.3 is 18.2 Å². The molecule has 0 spiro atoms. The third-order valence-electron chi connectivity index (χ3n) is 6.39. The molecule has 2 fully saturated rings. The molecule has 16 heteroatoms. The van der Waals surface area contributed by atoms with Crippen molar-refractivity contribution in [3.63, 3.8) is 0 Å². The minimum absolute atomic E-state index is 0.0428. The number of carbonyl (C=O) groups excluding carboxylic acids is 1. The zero-order valence-electron chi connectivity index (χ0n) is 19.9. The fraction of sp³-hybridized carbons (Fsp3) is 0.348. The number of hydrogen-bond acceptors (Lipinski definition) is 8. The number of carbonyl (C=O) groups is 2. The van der Waals surface area contributed by atoms with Crippen molar-refractivity contribution in [2.75, 3.05) is 31.6 Å². The van der Waals surface area contributed by atoms with Gasteiger partial charge in [-0.3, -0.25) is 4.79 Å². The summed E-state index contributed by atoms with van der Waals surface area (Å²) in [6.07, 6.45) is -4.80. The second-order valence-corrected chi connectivity index (χ2v) is 12.0. The predicted molar refractivity (Wildman–Crippen MR) is 131 cm³/mol. The summed E-state index contributed by atoms with van der Waals surface area (Å²) >= 11 is 0.623. The number of morpholine rings is 1. The number of aliphatic carboxylic acids is 1. The fourth-order valence-electron chi connectivity index (χ4n) is 4.28. The first-order valence-electron chi connectivity index (χ1n) is 11.5. The molecular weight excluding hydrogens is 565 g/mol. The van der Waals surface area contributed by atoms with E-state index in [1.165, 1.54) is 6.07 Å². The number of aromatic nitrogens is 1. The van der Waals surface area contributed by atoms with E-state index in [-0.39, 0.29) is 27.2 Å². The lowest BCUT2D eigenvalue weighted by molar-refractivity contribution is -0.155. The molecule has 2 atom stereocenters. The highest BCUT2D eigenvalue weighted by atomic mass is 32.2. The van der Waals surface area contributed by atoms with Gasteiger partial charge in [-0.25, -0.2) is 13.2 Å². The van der Waals surface area contributed by atoms with Crippen molar-refractivity contribution in [2.24, 2.45) is 0 Å². The number of hydrogen-bond donors (Lipinski definition) is 3. The van der Waals surface area contributed by atoms with E-state index < -0.39 is 39.4 Å². The number of anilines is 1. The van der Waals surface area contributed by atoms with Crippen LogP contribution in [0.1, 0.15) is 23.7 Å². The van der Waals surface area contributed by atoms with Crippen LogP contribution in [0.5, 0.6) is 0 Å². The zero-order valence-corrected chi connectivity index (χ0v) is 21.5. The number of halogens is 3. The lowest BCUT2D eigenvalue weighted by Gasteiger charge is -2.27. The van der Waals surface area contributed by atoms with Crippen LogP contribution in [-0.4, -0.2) is 67.4 Å². The van der Waals surface area contributed by atoms with E-state index in [0.717, 1.165) is 6.07 Å². The standard InChI is InChI=1S/C23H21F3N4O7S2/c24-23(25,26)18-11-16(28-37-18)17-4-5-19(38-17)39(34,35)29-22(20(31)32)12-15(22)13-2-1-3-14(10-13)27-21(33)30-6-8-36-9-7-30/h1-5,10-11,15,29H,6-9,12H2,(H,27,33)(H,31,32)/t15-,22+/m0/s1. The smallest absolute Gasteiger partial charge is 0.452 e. The Kier molecular flexibility index (Phi) is 6.90. The van der Waals surface area contributed by atoms with Crippen molar-refractivity contribution >= 4 is 39.0 Å². The molecule has 11 nitrogen and oxygen atoms in total. The topological polar surface area (TPSA) is 151 Å². The molecule has 0 radical (unpaired) electrons. The third kappa shape index (κ3) is 5.50. The first-order valence-corrected chi connectivity index (χ1v) is 13.8. The van der Waals surface area contributed by atoms with E-state index in [9.17, 15) is 36.3 Å². The van der Waals surface area contributed by atoms with Gasteiger partial charge in [-0.05, 0) is 36.2 Å². The molecule has 1 aliphatic heterocycles. The van der Waals surface area contributed by atoms with E-state index in [1.807, 2.05) is 0 Å². The number of thiophene rings is 1. The molecule has 1 saturated heterocycles. The Morgan fingerprint density at radius 3 is 2.56 bits per heavy atom. The van der Waals surface area contributed by atoms with Gasteiger partial charge in [0.25, 0.3) is 10.0 Å². The van der Waals surface area contributed by atoms with Crippen LogP contribution in [0.25, 0.3) is 10.6 Å². The highest BCUT2D eigenvalue weighted by molar-refractivity contribution is 7.91. The highest BCUT2D eigenvalue weighted by Gasteiger charge is 2.63. The third-order valence-corrected chi connectivity index (χ3v) is 9.50. The normalized spacial score (nSPS) is 21.5. The minimum Gasteiger partial charge on any atom is -0.480 e. The molecule has 3 heterocycles. The summed E-state index contributed by atoms with van der Waals surface area (Å²) in [5.74, 6) is -3.45. The van der Waals surface area contributed by atoms with Crippen molar-refractivity contribution in [1.29, 1.82) is 0 Å². The van der Waals surface area contributed by atoms with Crippen molar-refractivity contribution in [3.05, 3.63) is 53.8 Å². The van der Waals surface area contributed by atoms with Crippen LogP contribution < -0.4 is 10.0 Å². The number of nitrogens with one attached hydrogen (secondary N) is 2. The maximum Gasteiger partial charge on any atom is 0.452 e. The molecule has 3 aromatic rings. The molecule has 2 aliphatic rings. The SMILES string of the molecule is O=C(Nc1cccc([C@@H]2C[C@]2(NS(=O)(=O)c2ccc(-c3cc(C(F)(F)F)on3)s2)C(=O)O)c1)N1CCOCC1. The van der Waals surface area contributed by atoms with E-state index in [0.29, 0.717) is 55.0 Å². The summed E-state index contributed by atoms with van der Waals surface area (Å²) in [6.45, 7) is 1.72. The Labute approximate surface area is 223 Å². The van der Waals surface area contributed by atoms with Gasteiger partial charge in [-0.1, -0.05) is 17.3 Å². The Hall–Kier alpha value is -3.47. The molecule has 5 rings (SSSR count). The van der Waals surface area contributed by atoms with Gasteiger partial charge in [0, 0.05) is 30.8 Å². The first kappa shape index (κ1) is 27.1. The molecule has 0 unspecified atom stereocenters. The number of rotatable bonds is 7. The molecule has 1 aromatic carbocycles. The average molecular weight is 587 g/mol. The lowest BCUT2D eigenvalue weighted by atomic mass is 10.1. The van der Waals surface area contributed by atoms with E-state index in [2.05, 4.69) is 19.7 Å². The maximum absolute atomic E-state index is 13.1. The summed E-state index contributed by atoms with van der Waals surface area (Å²) < 4.78 is 76.1. The number of urea groups is 1. The van der Waals surface area contributed by atoms with Crippen LogP contribution >= 0.6 is 11.3 Å². The van der Waals surface area contributed by atoms with Gasteiger partial charge in [0.05, 0.1) is 18.1 Å². The van der Waals surface area contributed by atoms with Crippen LogP contribution in [0, 0.1) is 0 Å². The summed E-state index contributed by atoms with van der Waals surface area (Å²) in [4.78, 5) is 26.4. The Balaban J connectivity index is 1.32. The van der Waals surface area contributed by atoms with E-state index >= 15 is 0 Å². The summed E-state index contributed by atoms with van der Waals surface area (Å²) in [5.41, 5.74) is -1.12.